The average Bonchev–Trinajstić information content (AvgIpc) is 2.70. The van der Waals surface area contributed by atoms with Crippen molar-refractivity contribution in [3.8, 4) is 5.75 Å². The van der Waals surface area contributed by atoms with Gasteiger partial charge >= 0.3 is 0 Å². The van der Waals surface area contributed by atoms with Crippen LogP contribution in [0.2, 0.25) is 0 Å². The van der Waals surface area contributed by atoms with Crippen LogP contribution < -0.4 is 4.74 Å². The maximum absolute atomic E-state index is 5.26. The Bertz CT molecular complexity index is 553. The third kappa shape index (κ3) is 1.79. The maximum atomic E-state index is 5.26. The first-order chi connectivity index (χ1) is 8.69. The van der Waals surface area contributed by atoms with Crippen molar-refractivity contribution in [1.29, 1.82) is 0 Å². The highest BCUT2D eigenvalue weighted by atomic mass is 16.5. The maximum Gasteiger partial charge on any atom is 0.119 e. The van der Waals surface area contributed by atoms with E-state index in [1.54, 1.807) is 7.11 Å². The van der Waals surface area contributed by atoms with Gasteiger partial charge in [0.15, 0.2) is 0 Å². The Balaban J connectivity index is 1.86. The standard InChI is InChI=1S/C15H20N2O/c1-16(2)12-9-13(10-12)17-7-6-11-8-14(18-3)4-5-15(11)17/h4-8,12-13H,9-10H2,1-3H3. The molecule has 0 saturated heterocycles. The van der Waals surface area contributed by atoms with Crippen molar-refractivity contribution in [2.75, 3.05) is 21.2 Å². The second-order valence-electron chi connectivity index (χ2n) is 5.39. The van der Waals surface area contributed by atoms with Crippen LogP contribution in [-0.4, -0.2) is 36.7 Å². The van der Waals surface area contributed by atoms with Gasteiger partial charge in [-0.15, -0.1) is 0 Å². The molecule has 1 aromatic carbocycles. The van der Waals surface area contributed by atoms with Gasteiger partial charge < -0.3 is 14.2 Å². The summed E-state index contributed by atoms with van der Waals surface area (Å²) in [7, 11) is 6.05. The van der Waals surface area contributed by atoms with Crippen molar-refractivity contribution in [3.05, 3.63) is 30.5 Å². The quantitative estimate of drug-likeness (QED) is 0.826. The number of methoxy groups -OCH3 is 1. The Morgan fingerprint density at radius 1 is 1.22 bits per heavy atom. The molecule has 0 spiro atoms. The van der Waals surface area contributed by atoms with Crippen molar-refractivity contribution >= 4 is 10.9 Å². The van der Waals surface area contributed by atoms with E-state index in [9.17, 15) is 0 Å². The van der Waals surface area contributed by atoms with Gasteiger partial charge in [-0.1, -0.05) is 0 Å². The van der Waals surface area contributed by atoms with Crippen LogP contribution in [0, 0.1) is 0 Å². The fourth-order valence-electron chi connectivity index (χ4n) is 2.80. The van der Waals surface area contributed by atoms with Crippen LogP contribution in [0.15, 0.2) is 30.5 Å². The number of hydrogen-bond donors (Lipinski definition) is 0. The van der Waals surface area contributed by atoms with E-state index >= 15 is 0 Å². The summed E-state index contributed by atoms with van der Waals surface area (Å²) in [4.78, 5) is 2.32. The molecule has 18 heavy (non-hydrogen) atoms. The van der Waals surface area contributed by atoms with Crippen LogP contribution in [0.25, 0.3) is 10.9 Å². The lowest BCUT2D eigenvalue weighted by molar-refractivity contribution is 0.132. The summed E-state index contributed by atoms with van der Waals surface area (Å²) in [6.45, 7) is 0. The van der Waals surface area contributed by atoms with E-state index in [2.05, 4.69) is 48.0 Å². The lowest BCUT2D eigenvalue weighted by Gasteiger charge is -2.40. The zero-order chi connectivity index (χ0) is 12.7. The first-order valence-electron chi connectivity index (χ1n) is 6.50. The lowest BCUT2D eigenvalue weighted by Crippen LogP contribution is -2.41. The van der Waals surface area contributed by atoms with Crippen LogP contribution in [0.4, 0.5) is 0 Å². The second-order valence-corrected chi connectivity index (χ2v) is 5.39. The monoisotopic (exact) mass is 244 g/mol. The van der Waals surface area contributed by atoms with Crippen LogP contribution in [0.5, 0.6) is 5.75 Å². The van der Waals surface area contributed by atoms with Crippen molar-refractivity contribution in [2.45, 2.75) is 24.9 Å². The summed E-state index contributed by atoms with van der Waals surface area (Å²) in [5.74, 6) is 0.931. The predicted octanol–water partition coefficient (Wildman–Crippen LogP) is 2.92. The van der Waals surface area contributed by atoms with Crippen LogP contribution in [0.3, 0.4) is 0 Å². The number of ether oxygens (including phenoxy) is 1. The third-order valence-corrected chi connectivity index (χ3v) is 4.14. The molecule has 0 unspecified atom stereocenters. The van der Waals surface area contributed by atoms with Gasteiger partial charge in [0.2, 0.25) is 0 Å². The number of rotatable bonds is 3. The lowest BCUT2D eigenvalue weighted by atomic mass is 9.85. The highest BCUT2D eigenvalue weighted by molar-refractivity contribution is 5.81. The van der Waals surface area contributed by atoms with Crippen LogP contribution in [-0.2, 0) is 0 Å². The van der Waals surface area contributed by atoms with E-state index in [0.717, 1.165) is 11.8 Å². The smallest absolute Gasteiger partial charge is 0.119 e. The first-order valence-corrected chi connectivity index (χ1v) is 6.50. The minimum Gasteiger partial charge on any atom is -0.497 e. The minimum atomic E-state index is 0.656. The van der Waals surface area contributed by atoms with E-state index in [1.165, 1.54) is 23.7 Å². The summed E-state index contributed by atoms with van der Waals surface area (Å²) in [5, 5.41) is 1.27. The summed E-state index contributed by atoms with van der Waals surface area (Å²) in [5.41, 5.74) is 1.32. The molecule has 0 amide bonds. The van der Waals surface area contributed by atoms with Gasteiger partial charge in [-0.05, 0) is 51.2 Å². The van der Waals surface area contributed by atoms with Gasteiger partial charge in [0.05, 0.1) is 7.11 Å². The van der Waals surface area contributed by atoms with Crippen LogP contribution >= 0.6 is 0 Å². The van der Waals surface area contributed by atoms with Gasteiger partial charge in [-0.3, -0.25) is 0 Å². The average molecular weight is 244 g/mol. The number of nitrogens with zero attached hydrogens (tertiary/aromatic N) is 2. The molecule has 1 fully saturated rings. The van der Waals surface area contributed by atoms with Gasteiger partial charge in [0.1, 0.15) is 5.75 Å². The topological polar surface area (TPSA) is 17.4 Å². The Morgan fingerprint density at radius 3 is 2.67 bits per heavy atom. The minimum absolute atomic E-state index is 0.656. The molecular formula is C15H20N2O. The van der Waals surface area contributed by atoms with Crippen molar-refractivity contribution in [3.63, 3.8) is 0 Å². The molecule has 0 atom stereocenters. The van der Waals surface area contributed by atoms with Gasteiger partial charge in [-0.2, -0.15) is 0 Å². The zero-order valence-electron chi connectivity index (χ0n) is 11.3. The molecule has 3 rings (SSSR count). The predicted molar refractivity (Wildman–Crippen MR) is 74.2 cm³/mol. The summed E-state index contributed by atoms with van der Waals surface area (Å²) in [6, 6.07) is 9.89. The molecule has 0 aliphatic heterocycles. The fourth-order valence-corrected chi connectivity index (χ4v) is 2.80. The number of hydrogen-bond acceptors (Lipinski definition) is 2. The van der Waals surface area contributed by atoms with E-state index in [4.69, 9.17) is 4.74 Å². The Hall–Kier alpha value is -1.48. The molecule has 1 saturated carbocycles. The first kappa shape index (κ1) is 11.6. The summed E-state index contributed by atoms with van der Waals surface area (Å²) in [6.07, 6.45) is 4.71. The molecule has 0 radical (unpaired) electrons. The molecule has 1 heterocycles. The normalized spacial score (nSPS) is 23.3. The van der Waals surface area contributed by atoms with E-state index < -0.39 is 0 Å². The van der Waals surface area contributed by atoms with Crippen LogP contribution in [0.1, 0.15) is 18.9 Å². The molecule has 3 nitrogen and oxygen atoms in total. The molecule has 0 bridgehead atoms. The van der Waals surface area contributed by atoms with E-state index in [-0.39, 0.29) is 0 Å². The fraction of sp³-hybridized carbons (Fsp3) is 0.467. The highest BCUT2D eigenvalue weighted by Crippen LogP contribution is 2.37. The molecule has 0 N–H and O–H groups in total. The van der Waals surface area contributed by atoms with Gasteiger partial charge in [0, 0.05) is 29.2 Å². The van der Waals surface area contributed by atoms with Crippen molar-refractivity contribution in [2.24, 2.45) is 0 Å². The third-order valence-electron chi connectivity index (χ3n) is 4.14. The molecule has 2 aromatic rings. The summed E-state index contributed by atoms with van der Waals surface area (Å²) >= 11 is 0. The van der Waals surface area contributed by atoms with E-state index in [1.807, 2.05) is 6.07 Å². The van der Waals surface area contributed by atoms with Crippen molar-refractivity contribution in [1.82, 2.24) is 9.47 Å². The SMILES string of the molecule is COc1ccc2c(ccn2C2CC(N(C)C)C2)c1. The second kappa shape index (κ2) is 4.32. The van der Waals surface area contributed by atoms with E-state index in [0.29, 0.717) is 6.04 Å². The number of fused-ring (bicyclic) bond motifs is 1. The van der Waals surface area contributed by atoms with Gasteiger partial charge in [0.25, 0.3) is 0 Å². The number of aromatic nitrogens is 1. The molecule has 1 aromatic heterocycles. The molecule has 96 valence electrons. The number of benzene rings is 1. The van der Waals surface area contributed by atoms with Gasteiger partial charge in [-0.25, -0.2) is 0 Å². The largest absolute Gasteiger partial charge is 0.497 e. The molecule has 1 aliphatic rings. The molecular weight excluding hydrogens is 224 g/mol. The Kier molecular flexibility index (Phi) is 2.78. The zero-order valence-corrected chi connectivity index (χ0v) is 11.3. The van der Waals surface area contributed by atoms with Crippen molar-refractivity contribution < 1.29 is 4.74 Å². The molecule has 1 aliphatic carbocycles. The summed E-state index contributed by atoms with van der Waals surface area (Å²) < 4.78 is 7.68. The molecule has 3 heteroatoms. The Labute approximate surface area is 108 Å². The highest BCUT2D eigenvalue weighted by Gasteiger charge is 2.32. The Morgan fingerprint density at radius 2 is 2.00 bits per heavy atom.